The number of carbonyl (C=O) groups excluding carboxylic acids is 1. The van der Waals surface area contributed by atoms with E-state index in [2.05, 4.69) is 22.5 Å². The number of nitrogens with zero attached hydrogens (tertiary/aromatic N) is 2. The Morgan fingerprint density at radius 2 is 1.92 bits per heavy atom. The number of hydrogen-bond donors (Lipinski definition) is 2. The molecule has 0 aliphatic rings. The van der Waals surface area contributed by atoms with Gasteiger partial charge in [0.25, 0.3) is 0 Å². The third-order valence-corrected chi connectivity index (χ3v) is 3.88. The third kappa shape index (κ3) is 8.23. The summed E-state index contributed by atoms with van der Waals surface area (Å²) >= 11 is 0. The van der Waals surface area contributed by atoms with Crippen LogP contribution in [-0.4, -0.2) is 49.6 Å². The molecule has 0 saturated heterocycles. The van der Waals surface area contributed by atoms with Crippen LogP contribution in [0.2, 0.25) is 0 Å². The standard InChI is InChI=1S/C20H34N4O2/c1-5-14-26-18-11-9-10-17(15-18)16-23-20(21-6-2)22-13-12-19(25)24(7-3)8-4/h9-11,15H,5-8,12-14,16H2,1-4H3,(H2,21,22,23). The van der Waals surface area contributed by atoms with E-state index >= 15 is 0 Å². The van der Waals surface area contributed by atoms with Gasteiger partial charge in [-0.25, -0.2) is 4.99 Å². The Balaban J connectivity index is 2.56. The summed E-state index contributed by atoms with van der Waals surface area (Å²) in [6, 6.07) is 8.01. The van der Waals surface area contributed by atoms with E-state index in [0.717, 1.165) is 49.9 Å². The van der Waals surface area contributed by atoms with Crippen LogP contribution in [0, 0.1) is 0 Å². The molecule has 146 valence electrons. The molecule has 0 fully saturated rings. The van der Waals surface area contributed by atoms with Crippen LogP contribution < -0.4 is 15.4 Å². The van der Waals surface area contributed by atoms with Crippen LogP contribution in [0.3, 0.4) is 0 Å². The van der Waals surface area contributed by atoms with E-state index in [1.165, 1.54) is 0 Å². The summed E-state index contributed by atoms with van der Waals surface area (Å²) in [4.78, 5) is 18.5. The first-order chi connectivity index (χ1) is 12.6. The van der Waals surface area contributed by atoms with Gasteiger partial charge in [-0.3, -0.25) is 4.79 Å². The van der Waals surface area contributed by atoms with Crippen LogP contribution in [0.1, 0.15) is 46.1 Å². The van der Waals surface area contributed by atoms with Gasteiger partial charge in [0.1, 0.15) is 5.75 Å². The van der Waals surface area contributed by atoms with Crippen molar-refractivity contribution in [3.63, 3.8) is 0 Å². The van der Waals surface area contributed by atoms with Crippen molar-refractivity contribution in [3.8, 4) is 5.75 Å². The van der Waals surface area contributed by atoms with Crippen LogP contribution >= 0.6 is 0 Å². The quantitative estimate of drug-likeness (QED) is 0.469. The van der Waals surface area contributed by atoms with Gasteiger partial charge < -0.3 is 20.3 Å². The zero-order valence-electron chi connectivity index (χ0n) is 16.7. The van der Waals surface area contributed by atoms with Crippen molar-refractivity contribution in [2.75, 3.05) is 32.8 Å². The van der Waals surface area contributed by atoms with Crippen molar-refractivity contribution in [2.45, 2.75) is 47.1 Å². The SMILES string of the molecule is CCCOc1cccc(CN=C(NCC)NCCC(=O)N(CC)CC)c1. The molecule has 1 aromatic carbocycles. The highest BCUT2D eigenvalue weighted by Crippen LogP contribution is 2.14. The Bertz CT molecular complexity index is 556. The second kappa shape index (κ2) is 13.0. The summed E-state index contributed by atoms with van der Waals surface area (Å²) in [5.74, 6) is 1.76. The summed E-state index contributed by atoms with van der Waals surface area (Å²) in [5.41, 5.74) is 1.09. The molecule has 1 rings (SSSR count). The predicted octanol–water partition coefficient (Wildman–Crippen LogP) is 2.79. The Morgan fingerprint density at radius 1 is 1.15 bits per heavy atom. The van der Waals surface area contributed by atoms with E-state index in [1.54, 1.807) is 0 Å². The number of amides is 1. The minimum Gasteiger partial charge on any atom is -0.494 e. The number of rotatable bonds is 11. The molecule has 0 saturated carbocycles. The van der Waals surface area contributed by atoms with Gasteiger partial charge in [-0.1, -0.05) is 19.1 Å². The molecule has 0 unspecified atom stereocenters. The second-order valence-corrected chi connectivity index (χ2v) is 5.93. The number of ether oxygens (including phenoxy) is 1. The fourth-order valence-electron chi connectivity index (χ4n) is 2.49. The van der Waals surface area contributed by atoms with Crippen molar-refractivity contribution in [1.29, 1.82) is 0 Å². The average molecular weight is 363 g/mol. The van der Waals surface area contributed by atoms with Gasteiger partial charge in [-0.2, -0.15) is 0 Å². The molecule has 0 heterocycles. The molecule has 1 amide bonds. The lowest BCUT2D eigenvalue weighted by Crippen LogP contribution is -2.40. The fourth-order valence-corrected chi connectivity index (χ4v) is 2.49. The summed E-state index contributed by atoms with van der Waals surface area (Å²) in [7, 11) is 0. The highest BCUT2D eigenvalue weighted by Gasteiger charge is 2.09. The largest absolute Gasteiger partial charge is 0.494 e. The number of nitrogens with one attached hydrogen (secondary N) is 2. The smallest absolute Gasteiger partial charge is 0.224 e. The van der Waals surface area contributed by atoms with Gasteiger partial charge >= 0.3 is 0 Å². The first kappa shape index (κ1) is 21.8. The predicted molar refractivity (Wildman–Crippen MR) is 108 cm³/mol. The first-order valence-electron chi connectivity index (χ1n) is 9.66. The molecule has 6 nitrogen and oxygen atoms in total. The maximum Gasteiger partial charge on any atom is 0.224 e. The van der Waals surface area contributed by atoms with Gasteiger partial charge in [-0.05, 0) is 44.9 Å². The highest BCUT2D eigenvalue weighted by atomic mass is 16.5. The Morgan fingerprint density at radius 3 is 2.58 bits per heavy atom. The van der Waals surface area contributed by atoms with Crippen LogP contribution in [-0.2, 0) is 11.3 Å². The van der Waals surface area contributed by atoms with Crippen molar-refractivity contribution in [1.82, 2.24) is 15.5 Å². The lowest BCUT2D eigenvalue weighted by Gasteiger charge is -2.19. The normalized spacial score (nSPS) is 11.2. The summed E-state index contributed by atoms with van der Waals surface area (Å²) < 4.78 is 5.66. The molecular formula is C20H34N4O2. The fraction of sp³-hybridized carbons (Fsp3) is 0.600. The molecule has 0 radical (unpaired) electrons. The van der Waals surface area contributed by atoms with Crippen LogP contribution in [0.4, 0.5) is 0 Å². The van der Waals surface area contributed by atoms with E-state index in [-0.39, 0.29) is 5.91 Å². The number of carbonyl (C=O) groups is 1. The Labute approximate surface area is 158 Å². The van der Waals surface area contributed by atoms with Crippen molar-refractivity contribution < 1.29 is 9.53 Å². The summed E-state index contributed by atoms with van der Waals surface area (Å²) in [5, 5.41) is 6.45. The molecule has 0 spiro atoms. The van der Waals surface area contributed by atoms with Gasteiger partial charge in [0.05, 0.1) is 13.2 Å². The topological polar surface area (TPSA) is 66.0 Å². The van der Waals surface area contributed by atoms with Crippen molar-refractivity contribution >= 4 is 11.9 Å². The average Bonchev–Trinajstić information content (AvgIpc) is 2.65. The monoisotopic (exact) mass is 362 g/mol. The van der Waals surface area contributed by atoms with Gasteiger partial charge in [0.2, 0.25) is 5.91 Å². The molecule has 26 heavy (non-hydrogen) atoms. The molecule has 0 atom stereocenters. The Kier molecular flexibility index (Phi) is 10.9. The first-order valence-corrected chi connectivity index (χ1v) is 9.66. The van der Waals surface area contributed by atoms with Crippen LogP contribution in [0.25, 0.3) is 0 Å². The summed E-state index contributed by atoms with van der Waals surface area (Å²) in [6.45, 7) is 12.2. The van der Waals surface area contributed by atoms with Crippen LogP contribution in [0.5, 0.6) is 5.75 Å². The molecule has 0 aliphatic heterocycles. The van der Waals surface area contributed by atoms with Crippen LogP contribution in [0.15, 0.2) is 29.3 Å². The van der Waals surface area contributed by atoms with E-state index in [0.29, 0.717) is 19.5 Å². The second-order valence-electron chi connectivity index (χ2n) is 5.93. The maximum absolute atomic E-state index is 12.1. The zero-order valence-corrected chi connectivity index (χ0v) is 16.7. The molecule has 1 aromatic rings. The molecule has 2 N–H and O–H groups in total. The van der Waals surface area contributed by atoms with Crippen molar-refractivity contribution in [3.05, 3.63) is 29.8 Å². The van der Waals surface area contributed by atoms with E-state index < -0.39 is 0 Å². The number of benzene rings is 1. The summed E-state index contributed by atoms with van der Waals surface area (Å²) in [6.07, 6.45) is 1.45. The van der Waals surface area contributed by atoms with Crippen molar-refractivity contribution in [2.24, 2.45) is 4.99 Å². The highest BCUT2D eigenvalue weighted by molar-refractivity contribution is 5.81. The van der Waals surface area contributed by atoms with Gasteiger partial charge in [-0.15, -0.1) is 0 Å². The third-order valence-electron chi connectivity index (χ3n) is 3.88. The minimum atomic E-state index is 0.166. The molecule has 6 heteroatoms. The molecule has 0 bridgehead atoms. The number of hydrogen-bond acceptors (Lipinski definition) is 3. The number of guanidine groups is 1. The van der Waals surface area contributed by atoms with E-state index in [9.17, 15) is 4.79 Å². The van der Waals surface area contributed by atoms with Gasteiger partial charge in [0.15, 0.2) is 5.96 Å². The lowest BCUT2D eigenvalue weighted by atomic mass is 10.2. The Hall–Kier alpha value is -2.24. The molecule has 0 aliphatic carbocycles. The van der Waals surface area contributed by atoms with E-state index in [1.807, 2.05) is 49.9 Å². The zero-order chi connectivity index (χ0) is 19.2. The van der Waals surface area contributed by atoms with E-state index in [4.69, 9.17) is 4.74 Å². The molecule has 0 aromatic heterocycles. The number of aliphatic imine (C=N–C) groups is 1. The minimum absolute atomic E-state index is 0.166. The lowest BCUT2D eigenvalue weighted by molar-refractivity contribution is -0.130. The maximum atomic E-state index is 12.1. The molecular weight excluding hydrogens is 328 g/mol. The van der Waals surface area contributed by atoms with Gasteiger partial charge in [0, 0.05) is 32.6 Å².